The molecule has 2 bridgehead atoms. The summed E-state index contributed by atoms with van der Waals surface area (Å²) >= 11 is 6.38. The summed E-state index contributed by atoms with van der Waals surface area (Å²) in [6.07, 6.45) is 4.12. The van der Waals surface area contributed by atoms with E-state index in [0.717, 1.165) is 5.56 Å². The summed E-state index contributed by atoms with van der Waals surface area (Å²) in [5.74, 6) is -0.641. The molecule has 2 N–H and O–H groups in total. The van der Waals surface area contributed by atoms with E-state index in [0.29, 0.717) is 80.4 Å². The van der Waals surface area contributed by atoms with Gasteiger partial charge in [-0.3, -0.25) is 23.7 Å². The Labute approximate surface area is 231 Å². The van der Waals surface area contributed by atoms with Gasteiger partial charge in [0.05, 0.1) is 21.8 Å². The van der Waals surface area contributed by atoms with Crippen molar-refractivity contribution in [1.82, 2.24) is 40.3 Å². The monoisotopic (exact) mass is 552 g/mol. The molecule has 0 saturated carbocycles. The number of halogens is 1. The first kappa shape index (κ1) is 26.9. The maximum atomic E-state index is 14.0. The lowest BCUT2D eigenvalue weighted by Crippen LogP contribution is -2.56. The van der Waals surface area contributed by atoms with E-state index in [1.807, 2.05) is 36.5 Å². The molecule has 1 spiro atoms. The van der Waals surface area contributed by atoms with Gasteiger partial charge in [0.1, 0.15) is 11.7 Å². The summed E-state index contributed by atoms with van der Waals surface area (Å²) < 4.78 is 3.25. The van der Waals surface area contributed by atoms with E-state index in [1.165, 1.54) is 4.68 Å². The predicted molar refractivity (Wildman–Crippen MR) is 144 cm³/mol. The highest BCUT2D eigenvalue weighted by Crippen LogP contribution is 2.36. The van der Waals surface area contributed by atoms with E-state index >= 15 is 0 Å². The summed E-state index contributed by atoms with van der Waals surface area (Å²) in [6.45, 7) is 3.55. The Morgan fingerprint density at radius 1 is 1.15 bits per heavy atom. The normalized spacial score (nSPS) is 20.0. The number of fused-ring (bicyclic) bond motifs is 2. The molecule has 11 nitrogen and oxygen atoms in total. The van der Waals surface area contributed by atoms with E-state index in [4.69, 9.17) is 11.6 Å². The lowest BCUT2D eigenvalue weighted by molar-refractivity contribution is -0.137. The first-order valence-corrected chi connectivity index (χ1v) is 13.6. The molecule has 12 heteroatoms. The zero-order chi connectivity index (χ0) is 27.6. The summed E-state index contributed by atoms with van der Waals surface area (Å²) in [6, 6.07) is 8.93. The van der Waals surface area contributed by atoms with Crippen LogP contribution in [-0.4, -0.2) is 73.1 Å². The van der Waals surface area contributed by atoms with Crippen molar-refractivity contribution in [3.63, 3.8) is 0 Å². The maximum Gasteiger partial charge on any atom is 0.273 e. The van der Waals surface area contributed by atoms with Crippen molar-refractivity contribution in [2.45, 2.75) is 51.6 Å². The maximum absolute atomic E-state index is 14.0. The Kier molecular flexibility index (Phi) is 7.69. The lowest BCUT2D eigenvalue weighted by Gasteiger charge is -2.41. The number of carbonyl (C=O) groups is 3. The van der Waals surface area contributed by atoms with Crippen LogP contribution in [0.2, 0.25) is 5.02 Å². The lowest BCUT2D eigenvalue weighted by atomic mass is 9.73. The smallest absolute Gasteiger partial charge is 0.273 e. The van der Waals surface area contributed by atoms with Gasteiger partial charge in [0.25, 0.3) is 5.91 Å². The average molecular weight is 553 g/mol. The fraction of sp³-hybridized carbons (Fsp3) is 0.481. The van der Waals surface area contributed by atoms with Crippen LogP contribution in [-0.2, 0) is 36.0 Å². The quantitative estimate of drug-likeness (QED) is 0.509. The van der Waals surface area contributed by atoms with Gasteiger partial charge in [0, 0.05) is 52.3 Å². The molecular weight excluding hydrogens is 520 g/mol. The molecule has 5 rings (SSSR count). The second-order valence-electron chi connectivity index (χ2n) is 10.5. The van der Waals surface area contributed by atoms with Crippen LogP contribution in [0.4, 0.5) is 0 Å². The van der Waals surface area contributed by atoms with E-state index in [9.17, 15) is 14.4 Å². The molecule has 2 aromatic heterocycles. The Morgan fingerprint density at radius 3 is 2.59 bits per heavy atom. The van der Waals surface area contributed by atoms with E-state index in [1.54, 1.807) is 23.6 Å². The van der Waals surface area contributed by atoms with E-state index in [-0.39, 0.29) is 17.7 Å². The summed E-state index contributed by atoms with van der Waals surface area (Å²) in [5, 5.41) is 19.2. The number of rotatable bonds is 3. The average Bonchev–Trinajstić information content (AvgIpc) is 3.48. The number of hydrogen-bond acceptors (Lipinski definition) is 6. The van der Waals surface area contributed by atoms with Crippen LogP contribution in [0, 0.1) is 12.3 Å². The minimum absolute atomic E-state index is 0.213. The molecule has 2 aliphatic heterocycles. The first-order valence-electron chi connectivity index (χ1n) is 13.3. The highest BCUT2D eigenvalue weighted by Gasteiger charge is 2.44. The Bertz CT molecular complexity index is 1360. The van der Waals surface area contributed by atoms with Gasteiger partial charge in [-0.1, -0.05) is 47.1 Å². The van der Waals surface area contributed by atoms with Crippen molar-refractivity contribution in [3.05, 3.63) is 64.2 Å². The number of nitrogens with one attached hydrogen (secondary N) is 2. The van der Waals surface area contributed by atoms with Crippen molar-refractivity contribution in [2.75, 3.05) is 19.6 Å². The molecule has 4 heterocycles. The molecule has 1 atom stereocenters. The molecule has 0 unspecified atom stereocenters. The summed E-state index contributed by atoms with van der Waals surface area (Å²) in [7, 11) is 1.70. The highest BCUT2D eigenvalue weighted by molar-refractivity contribution is 6.34. The van der Waals surface area contributed by atoms with Crippen LogP contribution < -0.4 is 10.6 Å². The SMILES string of the molecule is Cc1nn(C)c(C(=O)N2CCC3(CC2)Cc2cn(nn2)CCCNC(=O)[C@H](Cc2ccccc2)NC3=O)c1Cl. The van der Waals surface area contributed by atoms with Gasteiger partial charge in [0.15, 0.2) is 0 Å². The van der Waals surface area contributed by atoms with Crippen molar-refractivity contribution < 1.29 is 14.4 Å². The fourth-order valence-electron chi connectivity index (χ4n) is 5.46. The second kappa shape index (κ2) is 11.2. The molecule has 0 aliphatic carbocycles. The molecule has 1 fully saturated rings. The number of benzene rings is 1. The molecule has 39 heavy (non-hydrogen) atoms. The van der Waals surface area contributed by atoms with Crippen molar-refractivity contribution >= 4 is 29.3 Å². The third-order valence-electron chi connectivity index (χ3n) is 7.71. The third-order valence-corrected chi connectivity index (χ3v) is 8.17. The topological polar surface area (TPSA) is 127 Å². The third kappa shape index (κ3) is 5.68. The molecule has 1 aromatic carbocycles. The molecule has 3 aromatic rings. The second-order valence-corrected chi connectivity index (χ2v) is 10.8. The van der Waals surface area contributed by atoms with Crippen LogP contribution in [0.15, 0.2) is 36.5 Å². The molecule has 3 amide bonds. The molecular formula is C27H33ClN8O3. The predicted octanol–water partition coefficient (Wildman–Crippen LogP) is 1.69. The van der Waals surface area contributed by atoms with Gasteiger partial charge in [-0.05, 0) is 31.7 Å². The van der Waals surface area contributed by atoms with E-state index < -0.39 is 11.5 Å². The number of aromatic nitrogens is 5. The van der Waals surface area contributed by atoms with Crippen molar-refractivity contribution in [1.29, 1.82) is 0 Å². The standard InChI is InChI=1S/C27H33ClN8O3/c1-18-22(28)23(34(2)32-18)25(38)35-13-9-27(10-14-35)16-20-17-36(33-31-20)12-6-11-29-24(37)21(30-26(27)39)15-19-7-4-3-5-8-19/h3-5,7-8,17,21H,6,9-16H2,1-2H3,(H,29,37)(H,30,39)/t21-/m0/s1. The fourth-order valence-corrected chi connectivity index (χ4v) is 5.70. The van der Waals surface area contributed by atoms with Crippen LogP contribution in [0.5, 0.6) is 0 Å². The van der Waals surface area contributed by atoms with Gasteiger partial charge in [-0.2, -0.15) is 5.10 Å². The van der Waals surface area contributed by atoms with Crippen LogP contribution in [0.1, 0.15) is 46.7 Å². The van der Waals surface area contributed by atoms with Crippen molar-refractivity contribution in [2.24, 2.45) is 12.5 Å². The van der Waals surface area contributed by atoms with Gasteiger partial charge >= 0.3 is 0 Å². The Morgan fingerprint density at radius 2 is 1.90 bits per heavy atom. The van der Waals surface area contributed by atoms with Gasteiger partial charge in [0.2, 0.25) is 11.8 Å². The number of likely N-dealkylation sites (tertiary alicyclic amines) is 1. The number of carbonyl (C=O) groups excluding carboxylic acids is 3. The number of hydrogen-bond donors (Lipinski definition) is 2. The number of aryl methyl sites for hydroxylation is 3. The number of amides is 3. The Hall–Kier alpha value is -3.73. The van der Waals surface area contributed by atoms with Crippen LogP contribution in [0.25, 0.3) is 0 Å². The molecule has 0 radical (unpaired) electrons. The first-order chi connectivity index (χ1) is 18.8. The summed E-state index contributed by atoms with van der Waals surface area (Å²) in [5.41, 5.74) is 1.76. The van der Waals surface area contributed by atoms with Crippen LogP contribution >= 0.6 is 11.6 Å². The zero-order valence-corrected chi connectivity index (χ0v) is 22.9. The van der Waals surface area contributed by atoms with Gasteiger partial charge in [-0.15, -0.1) is 5.10 Å². The van der Waals surface area contributed by atoms with E-state index in [2.05, 4.69) is 26.0 Å². The summed E-state index contributed by atoms with van der Waals surface area (Å²) in [4.78, 5) is 42.3. The number of nitrogens with zero attached hydrogens (tertiary/aromatic N) is 6. The van der Waals surface area contributed by atoms with Gasteiger partial charge in [-0.25, -0.2) is 0 Å². The number of piperidine rings is 1. The largest absolute Gasteiger partial charge is 0.354 e. The highest BCUT2D eigenvalue weighted by atomic mass is 35.5. The minimum atomic E-state index is -0.854. The zero-order valence-electron chi connectivity index (χ0n) is 22.2. The molecule has 2 aliphatic rings. The van der Waals surface area contributed by atoms with Crippen LogP contribution in [0.3, 0.4) is 0 Å². The Balaban J connectivity index is 1.40. The van der Waals surface area contributed by atoms with Crippen molar-refractivity contribution in [3.8, 4) is 0 Å². The molecule has 1 saturated heterocycles. The minimum Gasteiger partial charge on any atom is -0.354 e. The molecule has 206 valence electrons. The van der Waals surface area contributed by atoms with Gasteiger partial charge < -0.3 is 15.5 Å².